The smallest absolute Gasteiger partial charge is 0.0108 e. The van der Waals surface area contributed by atoms with Gasteiger partial charge in [-0.15, -0.1) is 0 Å². The van der Waals surface area contributed by atoms with Crippen molar-refractivity contribution in [1.82, 2.24) is 10.2 Å². The van der Waals surface area contributed by atoms with E-state index in [2.05, 4.69) is 35.8 Å². The van der Waals surface area contributed by atoms with Crippen molar-refractivity contribution in [2.75, 3.05) is 37.7 Å². The Balaban J connectivity index is 2.27. The largest absolute Gasteiger partial charge is 0.317 e. The highest BCUT2D eigenvalue weighted by Crippen LogP contribution is 2.14. The molecule has 0 aliphatic carbocycles. The standard InChI is InChI=1S/C12H26N2S/c1-3-14(10-11-15-4-2)12-6-5-8-13-9-7-12/h12-13H,3-11H2,1-2H3. The van der Waals surface area contributed by atoms with Crippen molar-refractivity contribution < 1.29 is 0 Å². The maximum Gasteiger partial charge on any atom is 0.0108 e. The molecule has 1 heterocycles. The van der Waals surface area contributed by atoms with E-state index in [9.17, 15) is 0 Å². The number of nitrogens with zero attached hydrogens (tertiary/aromatic N) is 1. The molecule has 1 N–H and O–H groups in total. The second kappa shape index (κ2) is 8.43. The van der Waals surface area contributed by atoms with E-state index in [4.69, 9.17) is 0 Å². The average Bonchev–Trinajstić information content (AvgIpc) is 2.53. The molecule has 2 nitrogen and oxygen atoms in total. The Labute approximate surface area is 99.2 Å². The highest BCUT2D eigenvalue weighted by molar-refractivity contribution is 7.99. The minimum Gasteiger partial charge on any atom is -0.317 e. The second-order valence-electron chi connectivity index (χ2n) is 4.16. The Morgan fingerprint density at radius 2 is 2.13 bits per heavy atom. The number of hydrogen-bond acceptors (Lipinski definition) is 3. The van der Waals surface area contributed by atoms with E-state index in [1.54, 1.807) is 0 Å². The molecule has 90 valence electrons. The topological polar surface area (TPSA) is 15.3 Å². The summed E-state index contributed by atoms with van der Waals surface area (Å²) in [5.41, 5.74) is 0. The Kier molecular flexibility index (Phi) is 7.49. The van der Waals surface area contributed by atoms with Crippen LogP contribution in [0.2, 0.25) is 0 Å². The van der Waals surface area contributed by atoms with E-state index in [1.807, 2.05) is 0 Å². The summed E-state index contributed by atoms with van der Waals surface area (Å²) in [7, 11) is 0. The monoisotopic (exact) mass is 230 g/mol. The molecular formula is C12H26N2S. The van der Waals surface area contributed by atoms with Crippen LogP contribution in [0, 0.1) is 0 Å². The fourth-order valence-corrected chi connectivity index (χ4v) is 2.94. The van der Waals surface area contributed by atoms with Crippen LogP contribution in [-0.2, 0) is 0 Å². The SMILES string of the molecule is CCSCCN(CC)C1CCCNCC1. The third-order valence-electron chi connectivity index (χ3n) is 3.19. The zero-order valence-corrected chi connectivity index (χ0v) is 11.1. The summed E-state index contributed by atoms with van der Waals surface area (Å²) in [4.78, 5) is 2.68. The van der Waals surface area contributed by atoms with Crippen LogP contribution in [0.1, 0.15) is 33.1 Å². The summed E-state index contributed by atoms with van der Waals surface area (Å²) in [6.45, 7) is 9.47. The summed E-state index contributed by atoms with van der Waals surface area (Å²) in [5, 5.41) is 3.49. The Morgan fingerprint density at radius 3 is 2.87 bits per heavy atom. The molecule has 3 heteroatoms. The highest BCUT2D eigenvalue weighted by atomic mass is 32.2. The number of rotatable bonds is 6. The molecule has 1 aliphatic rings. The molecule has 1 saturated heterocycles. The van der Waals surface area contributed by atoms with E-state index in [-0.39, 0.29) is 0 Å². The van der Waals surface area contributed by atoms with Crippen molar-refractivity contribution in [2.45, 2.75) is 39.2 Å². The van der Waals surface area contributed by atoms with E-state index in [0.717, 1.165) is 6.04 Å². The summed E-state index contributed by atoms with van der Waals surface area (Å²) in [6.07, 6.45) is 4.07. The first-order valence-corrected chi connectivity index (χ1v) is 7.56. The van der Waals surface area contributed by atoms with Crippen molar-refractivity contribution in [2.24, 2.45) is 0 Å². The van der Waals surface area contributed by atoms with Crippen LogP contribution >= 0.6 is 11.8 Å². The predicted octanol–water partition coefficient (Wildman–Crippen LogP) is 2.20. The number of nitrogens with one attached hydrogen (secondary N) is 1. The molecule has 1 fully saturated rings. The van der Waals surface area contributed by atoms with E-state index in [1.165, 1.54) is 56.9 Å². The van der Waals surface area contributed by atoms with Crippen LogP contribution in [0.5, 0.6) is 0 Å². The molecule has 15 heavy (non-hydrogen) atoms. The van der Waals surface area contributed by atoms with E-state index >= 15 is 0 Å². The zero-order chi connectivity index (χ0) is 10.9. The van der Waals surface area contributed by atoms with Crippen LogP contribution in [0.3, 0.4) is 0 Å². The van der Waals surface area contributed by atoms with E-state index < -0.39 is 0 Å². The van der Waals surface area contributed by atoms with Gasteiger partial charge in [0.2, 0.25) is 0 Å². The number of hydrogen-bond donors (Lipinski definition) is 1. The van der Waals surface area contributed by atoms with Crippen LogP contribution < -0.4 is 5.32 Å². The molecule has 0 aromatic heterocycles. The molecule has 0 bridgehead atoms. The Bertz CT molecular complexity index is 145. The zero-order valence-electron chi connectivity index (χ0n) is 10.3. The second-order valence-corrected chi connectivity index (χ2v) is 5.55. The third kappa shape index (κ3) is 5.23. The predicted molar refractivity (Wildman–Crippen MR) is 70.8 cm³/mol. The van der Waals surface area contributed by atoms with Gasteiger partial charge in [-0.3, -0.25) is 4.90 Å². The highest BCUT2D eigenvalue weighted by Gasteiger charge is 2.17. The van der Waals surface area contributed by atoms with Crippen LogP contribution in [0.15, 0.2) is 0 Å². The molecule has 0 aromatic rings. The van der Waals surface area contributed by atoms with Crippen molar-refractivity contribution in [1.29, 1.82) is 0 Å². The minimum atomic E-state index is 0.836. The van der Waals surface area contributed by atoms with Gasteiger partial charge in [-0.25, -0.2) is 0 Å². The molecule has 1 aliphatic heterocycles. The van der Waals surface area contributed by atoms with Gasteiger partial charge < -0.3 is 5.32 Å². The molecule has 1 atom stereocenters. The van der Waals surface area contributed by atoms with Crippen LogP contribution in [-0.4, -0.2) is 48.6 Å². The van der Waals surface area contributed by atoms with E-state index in [0.29, 0.717) is 0 Å². The first-order chi connectivity index (χ1) is 7.38. The molecule has 1 rings (SSSR count). The first-order valence-electron chi connectivity index (χ1n) is 6.41. The van der Waals surface area contributed by atoms with Gasteiger partial charge >= 0.3 is 0 Å². The lowest BCUT2D eigenvalue weighted by Crippen LogP contribution is -2.37. The Morgan fingerprint density at radius 1 is 1.27 bits per heavy atom. The van der Waals surface area contributed by atoms with Gasteiger partial charge in [-0.05, 0) is 44.6 Å². The van der Waals surface area contributed by atoms with Crippen LogP contribution in [0.4, 0.5) is 0 Å². The molecule has 0 spiro atoms. The molecule has 0 aromatic carbocycles. The van der Waals surface area contributed by atoms with Gasteiger partial charge in [0.15, 0.2) is 0 Å². The molecule has 0 saturated carbocycles. The maximum atomic E-state index is 3.49. The lowest BCUT2D eigenvalue weighted by molar-refractivity contribution is 0.203. The summed E-state index contributed by atoms with van der Waals surface area (Å²) in [5.74, 6) is 2.55. The van der Waals surface area contributed by atoms with Gasteiger partial charge in [0.1, 0.15) is 0 Å². The summed E-state index contributed by atoms with van der Waals surface area (Å²) < 4.78 is 0. The minimum absolute atomic E-state index is 0.836. The molecule has 1 unspecified atom stereocenters. The lowest BCUT2D eigenvalue weighted by Gasteiger charge is -2.29. The average molecular weight is 230 g/mol. The van der Waals surface area contributed by atoms with Gasteiger partial charge in [-0.1, -0.05) is 13.8 Å². The molecule has 0 amide bonds. The molecular weight excluding hydrogens is 204 g/mol. The Hall–Kier alpha value is 0.270. The molecule has 0 radical (unpaired) electrons. The van der Waals surface area contributed by atoms with Gasteiger partial charge in [0.25, 0.3) is 0 Å². The fourth-order valence-electron chi connectivity index (χ4n) is 2.29. The first kappa shape index (κ1) is 13.3. The maximum absolute atomic E-state index is 3.49. The quantitative estimate of drug-likeness (QED) is 0.704. The van der Waals surface area contributed by atoms with Crippen molar-refractivity contribution >= 4 is 11.8 Å². The van der Waals surface area contributed by atoms with Gasteiger partial charge in [-0.2, -0.15) is 11.8 Å². The van der Waals surface area contributed by atoms with Crippen LogP contribution in [0.25, 0.3) is 0 Å². The lowest BCUT2D eigenvalue weighted by atomic mass is 10.1. The van der Waals surface area contributed by atoms with Gasteiger partial charge in [0, 0.05) is 18.3 Å². The summed E-state index contributed by atoms with van der Waals surface area (Å²) >= 11 is 2.06. The van der Waals surface area contributed by atoms with Crippen molar-refractivity contribution in [3.63, 3.8) is 0 Å². The van der Waals surface area contributed by atoms with Crippen molar-refractivity contribution in [3.8, 4) is 0 Å². The fraction of sp³-hybridized carbons (Fsp3) is 1.00. The normalized spacial score (nSPS) is 23.0. The third-order valence-corrected chi connectivity index (χ3v) is 4.07. The number of thioether (sulfide) groups is 1. The summed E-state index contributed by atoms with van der Waals surface area (Å²) in [6, 6.07) is 0.836. The van der Waals surface area contributed by atoms with Gasteiger partial charge in [0.05, 0.1) is 0 Å². The van der Waals surface area contributed by atoms with Crippen molar-refractivity contribution in [3.05, 3.63) is 0 Å².